The van der Waals surface area contributed by atoms with Gasteiger partial charge in [0.25, 0.3) is 0 Å². The molecular weight excluding hydrogens is 542 g/mol. The molecule has 7 heteroatoms. The van der Waals surface area contributed by atoms with Crippen LogP contribution in [0.15, 0.2) is 11.6 Å². The van der Waals surface area contributed by atoms with Gasteiger partial charge in [0.15, 0.2) is 0 Å². The quantitative estimate of drug-likeness (QED) is 0.242. The Balaban J connectivity index is 1.58. The third-order valence-corrected chi connectivity index (χ3v) is 14.3. The van der Waals surface area contributed by atoms with E-state index in [1.54, 1.807) is 0 Å². The number of nitrogens with two attached hydrogens (primary N) is 1. The van der Waals surface area contributed by atoms with Gasteiger partial charge >= 0.3 is 11.9 Å². The number of carbonyl (C=O) groups excluding carboxylic acids is 1. The number of carbonyl (C=O) groups is 2. The molecule has 1 aliphatic heterocycles. The van der Waals surface area contributed by atoms with Crippen molar-refractivity contribution in [2.75, 3.05) is 26.4 Å². The highest BCUT2D eigenvalue weighted by Crippen LogP contribution is 2.75. The molecule has 0 amide bonds. The van der Waals surface area contributed by atoms with Crippen LogP contribution in [0.1, 0.15) is 101 Å². The van der Waals surface area contributed by atoms with Gasteiger partial charge in [-0.1, -0.05) is 67.0 Å². The van der Waals surface area contributed by atoms with Crippen LogP contribution in [0.4, 0.5) is 0 Å². The van der Waals surface area contributed by atoms with Crippen LogP contribution in [-0.4, -0.2) is 55.6 Å². The number of carboxylic acid groups (broad SMARTS) is 1. The van der Waals surface area contributed by atoms with Gasteiger partial charge in [-0.25, -0.2) is 0 Å². The van der Waals surface area contributed by atoms with Gasteiger partial charge in [0, 0.05) is 17.8 Å². The molecule has 2 bridgehead atoms. The van der Waals surface area contributed by atoms with E-state index in [2.05, 4.69) is 61.5 Å². The van der Waals surface area contributed by atoms with Crippen molar-refractivity contribution in [2.24, 2.45) is 68.3 Å². The first-order chi connectivity index (χ1) is 20.0. The van der Waals surface area contributed by atoms with E-state index >= 15 is 0 Å². The molecule has 0 aromatic rings. The van der Waals surface area contributed by atoms with E-state index < -0.39 is 11.9 Å². The number of allylic oxidation sites excluding steroid dienone is 1. The van der Waals surface area contributed by atoms with Crippen molar-refractivity contribution in [3.05, 3.63) is 11.6 Å². The molecule has 3 saturated carbocycles. The third-order valence-electron chi connectivity index (χ3n) is 14.3. The summed E-state index contributed by atoms with van der Waals surface area (Å²) in [6, 6.07) is 0. The molecule has 3 N–H and O–H groups in total. The number of rotatable bonds is 8. The maximum atomic E-state index is 13.3. The summed E-state index contributed by atoms with van der Waals surface area (Å²) >= 11 is 0. The van der Waals surface area contributed by atoms with E-state index in [1.165, 1.54) is 12.5 Å². The van der Waals surface area contributed by atoms with Gasteiger partial charge in [-0.15, -0.1) is 0 Å². The number of carboxylic acids is 1. The van der Waals surface area contributed by atoms with Crippen molar-refractivity contribution in [1.29, 1.82) is 0 Å². The summed E-state index contributed by atoms with van der Waals surface area (Å²) in [5.74, 6) is 0.237. The van der Waals surface area contributed by atoms with Crippen LogP contribution < -0.4 is 5.73 Å². The lowest BCUT2D eigenvalue weighted by molar-refractivity contribution is -0.268. The van der Waals surface area contributed by atoms with Crippen LogP contribution in [0.2, 0.25) is 0 Å². The second kappa shape index (κ2) is 11.1. The molecule has 4 fully saturated rings. The zero-order valence-corrected chi connectivity index (χ0v) is 28.3. The van der Waals surface area contributed by atoms with Gasteiger partial charge in [-0.2, -0.15) is 0 Å². The number of aliphatic carboxylic acids is 1. The second-order valence-corrected chi connectivity index (χ2v) is 16.8. The van der Waals surface area contributed by atoms with E-state index in [0.29, 0.717) is 50.5 Å². The van der Waals surface area contributed by atoms with Crippen molar-refractivity contribution in [3.8, 4) is 0 Å². The summed E-state index contributed by atoms with van der Waals surface area (Å²) in [7, 11) is 0. The average Bonchev–Trinajstić information content (AvgIpc) is 2.92. The summed E-state index contributed by atoms with van der Waals surface area (Å²) < 4.78 is 19.3. The summed E-state index contributed by atoms with van der Waals surface area (Å²) in [5, 5.41) is 10.9. The van der Waals surface area contributed by atoms with Crippen LogP contribution in [-0.2, 0) is 23.8 Å². The molecule has 1 saturated heterocycles. The van der Waals surface area contributed by atoms with Gasteiger partial charge < -0.3 is 25.1 Å². The monoisotopic (exact) mass is 601 g/mol. The van der Waals surface area contributed by atoms with Crippen molar-refractivity contribution in [1.82, 2.24) is 0 Å². The second-order valence-electron chi connectivity index (χ2n) is 16.8. The zero-order valence-electron chi connectivity index (χ0n) is 28.3. The minimum Gasteiger partial charge on any atom is -0.481 e. The lowest BCUT2D eigenvalue weighted by atomic mass is 9.34. The van der Waals surface area contributed by atoms with Crippen molar-refractivity contribution in [3.63, 3.8) is 0 Å². The smallest absolute Gasteiger partial charge is 0.307 e. The summed E-state index contributed by atoms with van der Waals surface area (Å²) in [4.78, 5) is 25.8. The SMILES string of the molecule is CC(=O)O[C@@H]1C[C@@]23COCC(C)([C@H]1OCC(C)CN)[C@@H]2CC[C@H]1C3=CC[C@@]2(C)[C@H](C(=O)O)[C@@](C)([C@H](C)C(C)C)CC[C@]12C. The summed E-state index contributed by atoms with van der Waals surface area (Å²) in [6.07, 6.45) is 7.32. The van der Waals surface area contributed by atoms with E-state index in [9.17, 15) is 14.7 Å². The molecular formula is C36H59NO6. The number of hydrogen-bond acceptors (Lipinski definition) is 6. The minimum atomic E-state index is -0.639. The molecule has 1 heterocycles. The molecule has 7 nitrogen and oxygen atoms in total. The molecule has 0 aromatic heterocycles. The molecule has 5 rings (SSSR count). The molecule has 2 unspecified atom stereocenters. The molecule has 12 atom stereocenters. The van der Waals surface area contributed by atoms with E-state index in [4.69, 9.17) is 19.9 Å². The maximum absolute atomic E-state index is 13.3. The first-order valence-electron chi connectivity index (χ1n) is 17.0. The lowest BCUT2D eigenvalue weighted by Gasteiger charge is -2.71. The number of ether oxygens (including phenoxy) is 3. The first kappa shape index (κ1) is 32.9. The zero-order chi connectivity index (χ0) is 31.8. The minimum absolute atomic E-state index is 0.148. The molecule has 5 aliphatic rings. The van der Waals surface area contributed by atoms with Gasteiger partial charge in [0.2, 0.25) is 0 Å². The number of esters is 1. The van der Waals surface area contributed by atoms with Gasteiger partial charge in [-0.05, 0) is 90.9 Å². The van der Waals surface area contributed by atoms with Gasteiger partial charge in [-0.3, -0.25) is 9.59 Å². The van der Waals surface area contributed by atoms with Crippen LogP contribution in [0.25, 0.3) is 0 Å². The molecule has 0 radical (unpaired) electrons. The van der Waals surface area contributed by atoms with Gasteiger partial charge in [0.05, 0.1) is 25.7 Å². The van der Waals surface area contributed by atoms with Crippen molar-refractivity contribution >= 4 is 11.9 Å². The normalized spacial score (nSPS) is 47.0. The molecule has 0 aromatic carbocycles. The van der Waals surface area contributed by atoms with E-state index in [0.717, 1.165) is 32.1 Å². The Morgan fingerprint density at radius 3 is 2.37 bits per heavy atom. The fourth-order valence-electron chi connectivity index (χ4n) is 11.5. The molecule has 4 aliphatic carbocycles. The predicted octanol–water partition coefficient (Wildman–Crippen LogP) is 6.49. The predicted molar refractivity (Wildman–Crippen MR) is 167 cm³/mol. The average molecular weight is 602 g/mol. The lowest BCUT2D eigenvalue weighted by Crippen LogP contribution is -2.70. The largest absolute Gasteiger partial charge is 0.481 e. The molecule has 244 valence electrons. The van der Waals surface area contributed by atoms with Crippen molar-refractivity contribution in [2.45, 2.75) is 113 Å². The Bertz CT molecular complexity index is 1140. The standard InChI is InChI=1S/C36H59NO6/c1-21(2)23(4)32(6)14-15-34(8)25-10-11-28-33(7)19-41-20-36(28,26(25)12-13-35(34,9)29(32)31(39)40)16-27(43-24(5)38)30(33)42-18-22(3)17-37/h12,21-23,25,27-30H,10-11,13-20,37H2,1-9H3,(H,39,40)/t22?,23-,25+,27-,28+,29-,30+,32-,33?,34-,35+,36+/m1/s1. The van der Waals surface area contributed by atoms with Crippen LogP contribution >= 0.6 is 0 Å². The molecule has 43 heavy (non-hydrogen) atoms. The Morgan fingerprint density at radius 1 is 1.07 bits per heavy atom. The Labute approximate surface area is 260 Å². The van der Waals surface area contributed by atoms with E-state index in [-0.39, 0.29) is 57.1 Å². The van der Waals surface area contributed by atoms with Crippen molar-refractivity contribution < 1.29 is 28.9 Å². The van der Waals surface area contributed by atoms with Crippen LogP contribution in [0.3, 0.4) is 0 Å². The fraction of sp³-hybridized carbons (Fsp3) is 0.889. The highest BCUT2D eigenvalue weighted by Gasteiger charge is 2.72. The Morgan fingerprint density at radius 2 is 1.77 bits per heavy atom. The summed E-state index contributed by atoms with van der Waals surface area (Å²) in [5.41, 5.74) is 6.06. The van der Waals surface area contributed by atoms with Gasteiger partial charge in [0.1, 0.15) is 12.2 Å². The van der Waals surface area contributed by atoms with Crippen LogP contribution in [0.5, 0.6) is 0 Å². The Kier molecular flexibility index (Phi) is 8.52. The highest BCUT2D eigenvalue weighted by atomic mass is 16.6. The fourth-order valence-corrected chi connectivity index (χ4v) is 11.5. The topological polar surface area (TPSA) is 108 Å². The number of hydrogen-bond donors (Lipinski definition) is 2. The highest BCUT2D eigenvalue weighted by molar-refractivity contribution is 5.73. The number of fused-ring (bicyclic) bond motifs is 3. The molecule has 0 spiro atoms. The third kappa shape index (κ3) is 4.68. The maximum Gasteiger partial charge on any atom is 0.307 e. The van der Waals surface area contributed by atoms with Crippen LogP contribution in [0, 0.1) is 62.6 Å². The first-order valence-corrected chi connectivity index (χ1v) is 17.0. The van der Waals surface area contributed by atoms with E-state index in [1.807, 2.05) is 0 Å². The Hall–Kier alpha value is -1.44. The summed E-state index contributed by atoms with van der Waals surface area (Å²) in [6.45, 7) is 21.8.